The van der Waals surface area contributed by atoms with Crippen LogP contribution >= 0.6 is 11.3 Å². The number of nitrogens with one attached hydrogen (secondary N) is 1. The molecule has 0 saturated carbocycles. The SMILES string of the molecule is C[C@@H](C(=O)Nc1sccc1C(N)=O)N1CCCC1. The monoisotopic (exact) mass is 267 g/mol. The average Bonchev–Trinajstić information content (AvgIpc) is 2.98. The molecule has 1 aromatic heterocycles. The molecular weight excluding hydrogens is 250 g/mol. The normalized spacial score (nSPS) is 17.6. The van der Waals surface area contributed by atoms with Crippen molar-refractivity contribution < 1.29 is 9.59 Å². The Morgan fingerprint density at radius 1 is 1.44 bits per heavy atom. The van der Waals surface area contributed by atoms with Crippen molar-refractivity contribution in [1.29, 1.82) is 0 Å². The second-order valence-electron chi connectivity index (χ2n) is 4.44. The van der Waals surface area contributed by atoms with Gasteiger partial charge >= 0.3 is 0 Å². The van der Waals surface area contributed by atoms with E-state index >= 15 is 0 Å². The van der Waals surface area contributed by atoms with Crippen LogP contribution < -0.4 is 11.1 Å². The third-order valence-electron chi connectivity index (χ3n) is 3.24. The van der Waals surface area contributed by atoms with Crippen molar-refractivity contribution in [2.24, 2.45) is 5.73 Å². The number of likely N-dealkylation sites (tertiary alicyclic amines) is 1. The number of carbonyl (C=O) groups is 2. The first-order chi connectivity index (χ1) is 8.59. The Hall–Kier alpha value is -1.40. The largest absolute Gasteiger partial charge is 0.366 e. The molecule has 18 heavy (non-hydrogen) atoms. The fourth-order valence-corrected chi connectivity index (χ4v) is 2.91. The van der Waals surface area contributed by atoms with Crippen molar-refractivity contribution in [3.05, 3.63) is 17.0 Å². The summed E-state index contributed by atoms with van der Waals surface area (Å²) in [6, 6.07) is 1.46. The lowest BCUT2D eigenvalue weighted by atomic mass is 10.2. The van der Waals surface area contributed by atoms with E-state index in [0.29, 0.717) is 10.6 Å². The zero-order valence-corrected chi connectivity index (χ0v) is 11.1. The molecule has 0 bridgehead atoms. The number of hydrogen-bond donors (Lipinski definition) is 2. The van der Waals surface area contributed by atoms with Gasteiger partial charge in [-0.15, -0.1) is 11.3 Å². The number of anilines is 1. The van der Waals surface area contributed by atoms with Gasteiger partial charge in [0.2, 0.25) is 5.91 Å². The lowest BCUT2D eigenvalue weighted by molar-refractivity contribution is -0.120. The highest BCUT2D eigenvalue weighted by Gasteiger charge is 2.25. The molecule has 1 atom stereocenters. The van der Waals surface area contributed by atoms with Gasteiger partial charge in [-0.2, -0.15) is 0 Å². The van der Waals surface area contributed by atoms with E-state index in [0.717, 1.165) is 25.9 Å². The molecule has 3 N–H and O–H groups in total. The van der Waals surface area contributed by atoms with E-state index in [-0.39, 0.29) is 11.9 Å². The summed E-state index contributed by atoms with van der Waals surface area (Å²) in [4.78, 5) is 25.4. The molecule has 1 aromatic rings. The van der Waals surface area contributed by atoms with Gasteiger partial charge < -0.3 is 11.1 Å². The molecule has 1 saturated heterocycles. The van der Waals surface area contributed by atoms with Crippen molar-refractivity contribution in [1.82, 2.24) is 4.90 Å². The van der Waals surface area contributed by atoms with Gasteiger partial charge in [0.05, 0.1) is 11.6 Å². The zero-order chi connectivity index (χ0) is 13.1. The third-order valence-corrected chi connectivity index (χ3v) is 4.07. The minimum absolute atomic E-state index is 0.0816. The van der Waals surface area contributed by atoms with Gasteiger partial charge in [-0.25, -0.2) is 0 Å². The van der Waals surface area contributed by atoms with Crippen LogP contribution in [0.4, 0.5) is 5.00 Å². The number of amides is 2. The van der Waals surface area contributed by atoms with E-state index in [1.54, 1.807) is 11.4 Å². The van der Waals surface area contributed by atoms with Crippen molar-refractivity contribution in [3.8, 4) is 0 Å². The summed E-state index contributed by atoms with van der Waals surface area (Å²) >= 11 is 1.31. The predicted molar refractivity (Wildman–Crippen MR) is 71.7 cm³/mol. The fraction of sp³-hybridized carbons (Fsp3) is 0.500. The van der Waals surface area contributed by atoms with Gasteiger partial charge in [0.1, 0.15) is 5.00 Å². The van der Waals surface area contributed by atoms with Gasteiger partial charge in [0, 0.05) is 0 Å². The minimum atomic E-state index is -0.514. The highest BCUT2D eigenvalue weighted by Crippen LogP contribution is 2.23. The highest BCUT2D eigenvalue weighted by molar-refractivity contribution is 7.14. The number of primary amides is 1. The highest BCUT2D eigenvalue weighted by atomic mass is 32.1. The number of thiophene rings is 1. The zero-order valence-electron chi connectivity index (χ0n) is 10.3. The van der Waals surface area contributed by atoms with Crippen molar-refractivity contribution in [2.75, 3.05) is 18.4 Å². The van der Waals surface area contributed by atoms with E-state index in [9.17, 15) is 9.59 Å². The first-order valence-corrected chi connectivity index (χ1v) is 6.90. The molecule has 6 heteroatoms. The van der Waals surface area contributed by atoms with Crippen LogP contribution in [0.5, 0.6) is 0 Å². The smallest absolute Gasteiger partial charge is 0.251 e. The lowest BCUT2D eigenvalue weighted by Gasteiger charge is -2.22. The standard InChI is InChI=1S/C12H17N3O2S/c1-8(15-5-2-3-6-15)11(17)14-12-9(10(13)16)4-7-18-12/h4,7-8H,2-3,5-6H2,1H3,(H2,13,16)(H,14,17)/t8-/m0/s1. The van der Waals surface area contributed by atoms with E-state index in [1.165, 1.54) is 11.3 Å². The number of carbonyl (C=O) groups excluding carboxylic acids is 2. The molecule has 0 unspecified atom stereocenters. The van der Waals surface area contributed by atoms with Gasteiger partial charge in [-0.1, -0.05) is 0 Å². The van der Waals surface area contributed by atoms with Gasteiger partial charge in [0.15, 0.2) is 0 Å². The maximum absolute atomic E-state index is 12.1. The molecule has 5 nitrogen and oxygen atoms in total. The maximum Gasteiger partial charge on any atom is 0.251 e. The fourth-order valence-electron chi connectivity index (χ4n) is 2.11. The summed E-state index contributed by atoms with van der Waals surface area (Å²) in [5.41, 5.74) is 5.62. The molecule has 0 aromatic carbocycles. The van der Waals surface area contributed by atoms with E-state index in [4.69, 9.17) is 5.73 Å². The quantitative estimate of drug-likeness (QED) is 0.862. The summed E-state index contributed by atoms with van der Waals surface area (Å²) in [5, 5.41) is 5.07. The summed E-state index contributed by atoms with van der Waals surface area (Å²) < 4.78 is 0. The Kier molecular flexibility index (Phi) is 3.98. The summed E-state index contributed by atoms with van der Waals surface area (Å²) in [6.07, 6.45) is 2.28. The molecule has 2 rings (SSSR count). The second-order valence-corrected chi connectivity index (χ2v) is 5.35. The Morgan fingerprint density at radius 2 is 2.11 bits per heavy atom. The topological polar surface area (TPSA) is 75.4 Å². The number of rotatable bonds is 4. The van der Waals surface area contributed by atoms with Crippen LogP contribution in [0.3, 0.4) is 0 Å². The predicted octanol–water partition coefficient (Wildman–Crippen LogP) is 1.27. The van der Waals surface area contributed by atoms with E-state index in [2.05, 4.69) is 10.2 Å². The molecule has 1 aliphatic rings. The molecule has 1 fully saturated rings. The molecule has 2 heterocycles. The summed E-state index contributed by atoms with van der Waals surface area (Å²) in [6.45, 7) is 3.81. The van der Waals surface area contributed by atoms with Crippen LogP contribution in [-0.4, -0.2) is 35.8 Å². The average molecular weight is 267 g/mol. The maximum atomic E-state index is 12.1. The molecule has 2 amide bonds. The Labute approximate surface area is 110 Å². The van der Waals surface area contributed by atoms with Gasteiger partial charge in [0.25, 0.3) is 5.91 Å². The minimum Gasteiger partial charge on any atom is -0.366 e. The number of hydrogen-bond acceptors (Lipinski definition) is 4. The van der Waals surface area contributed by atoms with Crippen LogP contribution in [0.2, 0.25) is 0 Å². The summed E-state index contributed by atoms with van der Waals surface area (Å²) in [7, 11) is 0. The van der Waals surface area contributed by atoms with Gasteiger partial charge in [-0.3, -0.25) is 14.5 Å². The number of nitrogens with two attached hydrogens (primary N) is 1. The Balaban J connectivity index is 2.02. The molecule has 98 valence electrons. The van der Waals surface area contributed by atoms with E-state index in [1.807, 2.05) is 6.92 Å². The van der Waals surface area contributed by atoms with Crippen LogP contribution in [0.15, 0.2) is 11.4 Å². The van der Waals surface area contributed by atoms with Crippen molar-refractivity contribution >= 4 is 28.2 Å². The van der Waals surface area contributed by atoms with Crippen LogP contribution in [0, 0.1) is 0 Å². The lowest BCUT2D eigenvalue weighted by Crippen LogP contribution is -2.40. The number of nitrogens with zero attached hydrogens (tertiary/aromatic N) is 1. The Bertz CT molecular complexity index is 452. The second kappa shape index (κ2) is 5.49. The molecule has 0 aliphatic carbocycles. The van der Waals surface area contributed by atoms with Crippen LogP contribution in [-0.2, 0) is 4.79 Å². The third kappa shape index (κ3) is 2.70. The molecule has 0 radical (unpaired) electrons. The van der Waals surface area contributed by atoms with Crippen molar-refractivity contribution in [3.63, 3.8) is 0 Å². The van der Waals surface area contributed by atoms with Crippen LogP contribution in [0.25, 0.3) is 0 Å². The van der Waals surface area contributed by atoms with Gasteiger partial charge in [-0.05, 0) is 44.3 Å². The summed E-state index contributed by atoms with van der Waals surface area (Å²) in [5.74, 6) is -0.595. The first-order valence-electron chi connectivity index (χ1n) is 6.02. The molecule has 1 aliphatic heterocycles. The van der Waals surface area contributed by atoms with Crippen molar-refractivity contribution in [2.45, 2.75) is 25.8 Å². The first kappa shape index (κ1) is 13.0. The molecule has 0 spiro atoms. The molecular formula is C12H17N3O2S. The van der Waals surface area contributed by atoms with E-state index < -0.39 is 5.91 Å². The Morgan fingerprint density at radius 3 is 2.72 bits per heavy atom. The van der Waals surface area contributed by atoms with Crippen LogP contribution in [0.1, 0.15) is 30.1 Å².